The molecule has 0 aliphatic carbocycles. The van der Waals surface area contributed by atoms with Crippen molar-refractivity contribution in [1.29, 1.82) is 0 Å². The normalized spacial score (nSPS) is 13.0. The van der Waals surface area contributed by atoms with Gasteiger partial charge in [0.15, 0.2) is 0 Å². The van der Waals surface area contributed by atoms with Crippen LogP contribution < -0.4 is 4.74 Å². The second kappa shape index (κ2) is 5.85. The Balaban J connectivity index is 1.99. The number of rotatable bonds is 4. The highest BCUT2D eigenvalue weighted by molar-refractivity contribution is 6.12. The van der Waals surface area contributed by atoms with Gasteiger partial charge >= 0.3 is 5.97 Å². The van der Waals surface area contributed by atoms with E-state index in [1.807, 2.05) is 43.3 Å². The Morgan fingerprint density at radius 2 is 2.00 bits per heavy atom. The molecule has 4 nitrogen and oxygen atoms in total. The molecule has 0 saturated heterocycles. The summed E-state index contributed by atoms with van der Waals surface area (Å²) >= 11 is 0. The number of hydrogen-bond acceptors (Lipinski definition) is 3. The third-order valence-electron chi connectivity index (χ3n) is 3.50. The molecular formula is C18H15NO3. The van der Waals surface area contributed by atoms with Crippen LogP contribution in [-0.4, -0.2) is 23.8 Å². The van der Waals surface area contributed by atoms with Crippen LogP contribution in [0.15, 0.2) is 53.5 Å². The number of hydrogen-bond donors (Lipinski definition) is 1. The predicted octanol–water partition coefficient (Wildman–Crippen LogP) is 3.95. The van der Waals surface area contributed by atoms with E-state index >= 15 is 0 Å². The van der Waals surface area contributed by atoms with Crippen LogP contribution >= 0.6 is 0 Å². The van der Waals surface area contributed by atoms with Crippen LogP contribution in [-0.2, 0) is 0 Å². The van der Waals surface area contributed by atoms with E-state index in [0.717, 1.165) is 16.7 Å². The number of carboxylic acid groups (broad SMARTS) is 1. The average molecular weight is 293 g/mol. The Hall–Kier alpha value is -2.88. The molecule has 0 atom stereocenters. The maximum absolute atomic E-state index is 11.5. The number of carbonyl (C=O) groups is 1. The van der Waals surface area contributed by atoms with Crippen LogP contribution in [0.2, 0.25) is 0 Å². The van der Waals surface area contributed by atoms with Gasteiger partial charge in [-0.3, -0.25) is 4.99 Å². The zero-order valence-corrected chi connectivity index (χ0v) is 12.1. The number of aromatic carboxylic acids is 1. The zero-order valence-electron chi connectivity index (χ0n) is 12.1. The Bertz CT molecular complexity index is 791. The van der Waals surface area contributed by atoms with Gasteiger partial charge in [-0.15, -0.1) is 0 Å². The first-order valence-corrected chi connectivity index (χ1v) is 6.96. The molecule has 0 amide bonds. The fourth-order valence-electron chi connectivity index (χ4n) is 2.30. The highest BCUT2D eigenvalue weighted by atomic mass is 16.5. The molecule has 0 aromatic heterocycles. The standard InChI is InChI=1S/C18H15NO3/c1-12-4-2-3-5-16(12)22-17-7-6-13(10-15(17)18(20)21)14-8-9-19-11-14/h2-8,10-11H,9H2,1H3,(H,20,21). The first-order chi connectivity index (χ1) is 10.6. The summed E-state index contributed by atoms with van der Waals surface area (Å²) in [5, 5.41) is 9.45. The minimum Gasteiger partial charge on any atom is -0.478 e. The molecule has 1 aliphatic heterocycles. The number of benzene rings is 2. The average Bonchev–Trinajstić information content (AvgIpc) is 3.04. The molecule has 1 N–H and O–H groups in total. The summed E-state index contributed by atoms with van der Waals surface area (Å²) in [6.07, 6.45) is 3.71. The van der Waals surface area contributed by atoms with Gasteiger partial charge in [-0.1, -0.05) is 30.3 Å². The van der Waals surface area contributed by atoms with Crippen molar-refractivity contribution in [2.75, 3.05) is 6.54 Å². The van der Waals surface area contributed by atoms with Crippen molar-refractivity contribution < 1.29 is 14.6 Å². The van der Waals surface area contributed by atoms with E-state index in [-0.39, 0.29) is 5.56 Å². The number of aryl methyl sites for hydroxylation is 1. The van der Waals surface area contributed by atoms with E-state index in [1.165, 1.54) is 0 Å². The number of carboxylic acids is 1. The van der Waals surface area contributed by atoms with Gasteiger partial charge in [-0.05, 0) is 41.8 Å². The van der Waals surface area contributed by atoms with Gasteiger partial charge in [0.05, 0.1) is 6.54 Å². The summed E-state index contributed by atoms with van der Waals surface area (Å²) in [6.45, 7) is 2.56. The Kier molecular flexibility index (Phi) is 3.74. The lowest BCUT2D eigenvalue weighted by atomic mass is 10.0. The number of aliphatic imine (C=N–C) groups is 1. The van der Waals surface area contributed by atoms with E-state index in [4.69, 9.17) is 4.74 Å². The minimum absolute atomic E-state index is 0.141. The van der Waals surface area contributed by atoms with Crippen LogP contribution in [0.1, 0.15) is 21.5 Å². The van der Waals surface area contributed by atoms with Gasteiger partial charge in [0, 0.05) is 6.21 Å². The van der Waals surface area contributed by atoms with E-state index in [2.05, 4.69) is 4.99 Å². The highest BCUT2D eigenvalue weighted by Gasteiger charge is 2.15. The van der Waals surface area contributed by atoms with Crippen LogP contribution in [0.5, 0.6) is 11.5 Å². The van der Waals surface area contributed by atoms with E-state index in [1.54, 1.807) is 18.3 Å². The fourth-order valence-corrected chi connectivity index (χ4v) is 2.30. The lowest BCUT2D eigenvalue weighted by molar-refractivity contribution is 0.0694. The van der Waals surface area contributed by atoms with Crippen molar-refractivity contribution >= 4 is 17.8 Å². The molecule has 2 aromatic rings. The summed E-state index contributed by atoms with van der Waals surface area (Å²) in [7, 11) is 0. The largest absolute Gasteiger partial charge is 0.478 e. The molecule has 0 unspecified atom stereocenters. The monoisotopic (exact) mass is 293 g/mol. The maximum Gasteiger partial charge on any atom is 0.339 e. The molecule has 0 fully saturated rings. The number of allylic oxidation sites excluding steroid dienone is 1. The molecule has 0 bridgehead atoms. The molecule has 2 aromatic carbocycles. The molecule has 110 valence electrons. The zero-order chi connectivity index (χ0) is 15.5. The Morgan fingerprint density at radius 3 is 2.68 bits per heavy atom. The van der Waals surface area contributed by atoms with Crippen molar-refractivity contribution in [2.45, 2.75) is 6.92 Å². The van der Waals surface area contributed by atoms with Crippen molar-refractivity contribution in [1.82, 2.24) is 0 Å². The summed E-state index contributed by atoms with van der Waals surface area (Å²) < 4.78 is 5.79. The Labute approximate surface area is 128 Å². The van der Waals surface area contributed by atoms with E-state index < -0.39 is 5.97 Å². The molecule has 1 heterocycles. The van der Waals surface area contributed by atoms with Crippen LogP contribution in [0.4, 0.5) is 0 Å². The molecule has 0 saturated carbocycles. The molecule has 4 heteroatoms. The summed E-state index contributed by atoms with van der Waals surface area (Å²) in [5.41, 5.74) is 2.86. The number of para-hydroxylation sites is 1. The third-order valence-corrected chi connectivity index (χ3v) is 3.50. The number of nitrogens with zero attached hydrogens (tertiary/aromatic N) is 1. The fraction of sp³-hybridized carbons (Fsp3) is 0.111. The molecule has 22 heavy (non-hydrogen) atoms. The second-order valence-electron chi connectivity index (χ2n) is 5.04. The van der Waals surface area contributed by atoms with Crippen LogP contribution in [0, 0.1) is 6.92 Å². The lowest BCUT2D eigenvalue weighted by Gasteiger charge is -2.12. The highest BCUT2D eigenvalue weighted by Crippen LogP contribution is 2.30. The molecular weight excluding hydrogens is 278 g/mol. The van der Waals surface area contributed by atoms with Crippen molar-refractivity contribution in [3.8, 4) is 11.5 Å². The SMILES string of the molecule is Cc1ccccc1Oc1ccc(C2=CCN=C2)cc1C(=O)O. The number of ether oxygens (including phenoxy) is 1. The quantitative estimate of drug-likeness (QED) is 0.928. The lowest BCUT2D eigenvalue weighted by Crippen LogP contribution is -2.02. The van der Waals surface area contributed by atoms with Crippen LogP contribution in [0.3, 0.4) is 0 Å². The summed E-state index contributed by atoms with van der Waals surface area (Å²) in [6, 6.07) is 12.7. The van der Waals surface area contributed by atoms with E-state index in [9.17, 15) is 9.90 Å². The van der Waals surface area contributed by atoms with Crippen molar-refractivity contribution in [3.05, 3.63) is 65.2 Å². The molecule has 0 radical (unpaired) electrons. The molecule has 1 aliphatic rings. The topological polar surface area (TPSA) is 58.9 Å². The van der Waals surface area contributed by atoms with Gasteiger partial charge in [0.25, 0.3) is 0 Å². The third kappa shape index (κ3) is 2.76. The van der Waals surface area contributed by atoms with Gasteiger partial charge in [0.1, 0.15) is 17.1 Å². The maximum atomic E-state index is 11.5. The second-order valence-corrected chi connectivity index (χ2v) is 5.04. The predicted molar refractivity (Wildman–Crippen MR) is 86.0 cm³/mol. The van der Waals surface area contributed by atoms with Gasteiger partial charge in [-0.25, -0.2) is 4.79 Å². The summed E-state index contributed by atoms with van der Waals surface area (Å²) in [4.78, 5) is 15.7. The smallest absolute Gasteiger partial charge is 0.339 e. The first-order valence-electron chi connectivity index (χ1n) is 6.96. The first kappa shape index (κ1) is 14.1. The Morgan fingerprint density at radius 1 is 1.18 bits per heavy atom. The van der Waals surface area contributed by atoms with Crippen molar-refractivity contribution in [2.24, 2.45) is 4.99 Å². The van der Waals surface area contributed by atoms with Crippen molar-refractivity contribution in [3.63, 3.8) is 0 Å². The minimum atomic E-state index is -1.01. The van der Waals surface area contributed by atoms with Crippen LogP contribution in [0.25, 0.3) is 5.57 Å². The summed E-state index contributed by atoms with van der Waals surface area (Å²) in [5.74, 6) is -0.0264. The van der Waals surface area contributed by atoms with E-state index in [0.29, 0.717) is 18.0 Å². The molecule has 3 rings (SSSR count). The van der Waals surface area contributed by atoms with Gasteiger partial charge in [0.2, 0.25) is 0 Å². The molecule has 0 spiro atoms. The van der Waals surface area contributed by atoms with Gasteiger partial charge in [-0.2, -0.15) is 0 Å². The van der Waals surface area contributed by atoms with Gasteiger partial charge < -0.3 is 9.84 Å².